The number of anilines is 1. The van der Waals surface area contributed by atoms with Crippen molar-refractivity contribution in [3.05, 3.63) is 23.9 Å². The zero-order valence-electron chi connectivity index (χ0n) is 9.34. The topological polar surface area (TPSA) is 24.9 Å². The Bertz CT molecular complexity index is 355. The molecule has 1 aromatic rings. The molecule has 2 atom stereocenters. The van der Waals surface area contributed by atoms with E-state index in [2.05, 4.69) is 10.3 Å². The summed E-state index contributed by atoms with van der Waals surface area (Å²) in [4.78, 5) is 4.14. The molecular formula is C12H16ClFN2. The van der Waals surface area contributed by atoms with Gasteiger partial charge in [0, 0.05) is 12.6 Å². The number of pyridine rings is 1. The fourth-order valence-corrected chi connectivity index (χ4v) is 2.30. The fourth-order valence-electron chi connectivity index (χ4n) is 1.99. The van der Waals surface area contributed by atoms with Crippen LogP contribution in [0.3, 0.4) is 0 Å². The Morgan fingerprint density at radius 1 is 1.50 bits per heavy atom. The van der Waals surface area contributed by atoms with Crippen LogP contribution >= 0.6 is 11.6 Å². The van der Waals surface area contributed by atoms with Crippen molar-refractivity contribution in [1.82, 2.24) is 4.98 Å². The van der Waals surface area contributed by atoms with Crippen LogP contribution in [0.1, 0.15) is 31.2 Å². The van der Waals surface area contributed by atoms with E-state index < -0.39 is 11.2 Å². The number of aryl methyl sites for hydroxylation is 1. The Kier molecular flexibility index (Phi) is 3.33. The number of halogens is 2. The second-order valence-corrected chi connectivity index (χ2v) is 4.95. The predicted molar refractivity (Wildman–Crippen MR) is 64.5 cm³/mol. The van der Waals surface area contributed by atoms with Gasteiger partial charge in [-0.2, -0.15) is 0 Å². The summed E-state index contributed by atoms with van der Waals surface area (Å²) in [6.07, 6.45) is 4.77. The van der Waals surface area contributed by atoms with Crippen molar-refractivity contribution >= 4 is 17.4 Å². The molecule has 1 aromatic heterocycles. The standard InChI is InChI=1S/C12H16ClFN2/c1-9-5-6-11(15-8-9)16-12(14)7-3-2-4-10(12)13/h5-6,8,10H,2-4,7H2,1H3,(H,15,16). The van der Waals surface area contributed by atoms with E-state index in [-0.39, 0.29) is 0 Å². The van der Waals surface area contributed by atoms with Gasteiger partial charge in [-0.05, 0) is 31.4 Å². The van der Waals surface area contributed by atoms with E-state index in [1.165, 1.54) is 0 Å². The van der Waals surface area contributed by atoms with Gasteiger partial charge in [0.2, 0.25) is 0 Å². The Morgan fingerprint density at radius 2 is 2.31 bits per heavy atom. The number of rotatable bonds is 2. The molecule has 0 spiro atoms. The van der Waals surface area contributed by atoms with Crippen molar-refractivity contribution in [3.8, 4) is 0 Å². The molecule has 16 heavy (non-hydrogen) atoms. The second-order valence-electron chi connectivity index (χ2n) is 4.42. The zero-order valence-corrected chi connectivity index (χ0v) is 10.1. The van der Waals surface area contributed by atoms with Gasteiger partial charge in [-0.1, -0.05) is 12.5 Å². The fraction of sp³-hybridized carbons (Fsp3) is 0.583. The number of alkyl halides is 2. The molecule has 0 aliphatic heterocycles. The van der Waals surface area contributed by atoms with Gasteiger partial charge < -0.3 is 5.32 Å². The van der Waals surface area contributed by atoms with Crippen LogP contribution in [0, 0.1) is 6.92 Å². The smallest absolute Gasteiger partial charge is 0.198 e. The number of aromatic nitrogens is 1. The molecule has 2 rings (SSSR count). The van der Waals surface area contributed by atoms with Crippen LogP contribution < -0.4 is 5.32 Å². The lowest BCUT2D eigenvalue weighted by molar-refractivity contribution is 0.145. The molecule has 1 saturated carbocycles. The van der Waals surface area contributed by atoms with Gasteiger partial charge in [-0.15, -0.1) is 11.6 Å². The summed E-state index contributed by atoms with van der Waals surface area (Å²) in [6.45, 7) is 1.95. The molecule has 1 fully saturated rings. The molecule has 2 nitrogen and oxygen atoms in total. The SMILES string of the molecule is Cc1ccc(NC2(F)CCCCC2Cl)nc1. The molecule has 88 valence electrons. The van der Waals surface area contributed by atoms with E-state index in [1.807, 2.05) is 13.0 Å². The minimum absolute atomic E-state index is 0.455. The van der Waals surface area contributed by atoms with E-state index in [0.717, 1.165) is 24.8 Å². The Hall–Kier alpha value is -0.830. The Morgan fingerprint density at radius 3 is 2.94 bits per heavy atom. The van der Waals surface area contributed by atoms with E-state index in [9.17, 15) is 4.39 Å². The molecule has 1 aliphatic rings. The maximum Gasteiger partial charge on any atom is 0.198 e. The van der Waals surface area contributed by atoms with Crippen LogP contribution in [-0.2, 0) is 0 Å². The summed E-state index contributed by atoms with van der Waals surface area (Å²) in [7, 11) is 0. The molecule has 0 radical (unpaired) electrons. The molecule has 0 bridgehead atoms. The van der Waals surface area contributed by atoms with Crippen LogP contribution in [-0.4, -0.2) is 16.2 Å². The normalized spacial score (nSPS) is 30.1. The average Bonchev–Trinajstić information content (AvgIpc) is 2.26. The zero-order chi connectivity index (χ0) is 11.6. The van der Waals surface area contributed by atoms with Crippen molar-refractivity contribution in [2.24, 2.45) is 0 Å². The number of hydrogen-bond donors (Lipinski definition) is 1. The van der Waals surface area contributed by atoms with Gasteiger partial charge in [0.15, 0.2) is 5.79 Å². The van der Waals surface area contributed by atoms with Gasteiger partial charge >= 0.3 is 0 Å². The Labute approximate surface area is 100 Å². The second kappa shape index (κ2) is 4.58. The lowest BCUT2D eigenvalue weighted by Crippen LogP contribution is -2.44. The summed E-state index contributed by atoms with van der Waals surface area (Å²) >= 11 is 6.04. The average molecular weight is 243 g/mol. The Balaban J connectivity index is 2.10. The van der Waals surface area contributed by atoms with Crippen molar-refractivity contribution < 1.29 is 4.39 Å². The van der Waals surface area contributed by atoms with Gasteiger partial charge in [0.05, 0.1) is 5.38 Å². The lowest BCUT2D eigenvalue weighted by atomic mass is 9.92. The largest absolute Gasteiger partial charge is 0.337 e. The van der Waals surface area contributed by atoms with E-state index >= 15 is 0 Å². The molecular weight excluding hydrogens is 227 g/mol. The highest BCUT2D eigenvalue weighted by Crippen LogP contribution is 2.36. The van der Waals surface area contributed by atoms with Gasteiger partial charge in [-0.25, -0.2) is 9.37 Å². The number of hydrogen-bond acceptors (Lipinski definition) is 2. The van der Waals surface area contributed by atoms with E-state index in [0.29, 0.717) is 12.2 Å². The molecule has 0 saturated heterocycles. The van der Waals surface area contributed by atoms with Crippen molar-refractivity contribution in [2.75, 3.05) is 5.32 Å². The molecule has 4 heteroatoms. The van der Waals surface area contributed by atoms with Crippen LogP contribution in [0.2, 0.25) is 0 Å². The van der Waals surface area contributed by atoms with Crippen molar-refractivity contribution in [3.63, 3.8) is 0 Å². The quantitative estimate of drug-likeness (QED) is 0.633. The van der Waals surface area contributed by atoms with Crippen LogP contribution in [0.25, 0.3) is 0 Å². The summed E-state index contributed by atoms with van der Waals surface area (Å²) < 4.78 is 14.5. The first-order valence-corrected chi connectivity index (χ1v) is 6.08. The van der Waals surface area contributed by atoms with Crippen molar-refractivity contribution in [1.29, 1.82) is 0 Å². The van der Waals surface area contributed by atoms with Crippen LogP contribution in [0.4, 0.5) is 10.2 Å². The van der Waals surface area contributed by atoms with Gasteiger partial charge in [0.1, 0.15) is 5.82 Å². The first kappa shape index (κ1) is 11.6. The molecule has 0 amide bonds. The third kappa shape index (κ3) is 2.46. The summed E-state index contributed by atoms with van der Waals surface area (Å²) in [5.41, 5.74) is 1.06. The number of nitrogens with zero attached hydrogens (tertiary/aromatic N) is 1. The lowest BCUT2D eigenvalue weighted by Gasteiger charge is -2.35. The number of nitrogens with one attached hydrogen (secondary N) is 1. The molecule has 2 unspecified atom stereocenters. The van der Waals surface area contributed by atoms with Crippen molar-refractivity contribution in [2.45, 2.75) is 43.8 Å². The third-order valence-corrected chi connectivity index (χ3v) is 3.56. The molecule has 1 aliphatic carbocycles. The maximum atomic E-state index is 14.5. The molecule has 1 heterocycles. The van der Waals surface area contributed by atoms with E-state index in [4.69, 9.17) is 11.6 Å². The highest BCUT2D eigenvalue weighted by atomic mass is 35.5. The van der Waals surface area contributed by atoms with Gasteiger partial charge in [-0.3, -0.25) is 0 Å². The summed E-state index contributed by atoms with van der Waals surface area (Å²) in [5.74, 6) is -0.956. The molecule has 1 N–H and O–H groups in total. The van der Waals surface area contributed by atoms with Crippen LogP contribution in [0.5, 0.6) is 0 Å². The monoisotopic (exact) mass is 242 g/mol. The third-order valence-electron chi connectivity index (χ3n) is 2.99. The maximum absolute atomic E-state index is 14.5. The predicted octanol–water partition coefficient (Wildman–Crippen LogP) is 3.65. The highest BCUT2D eigenvalue weighted by molar-refractivity contribution is 6.21. The van der Waals surface area contributed by atoms with E-state index in [1.54, 1.807) is 12.3 Å². The van der Waals surface area contributed by atoms with Gasteiger partial charge in [0.25, 0.3) is 0 Å². The summed E-state index contributed by atoms with van der Waals surface area (Å²) in [5, 5.41) is 2.36. The van der Waals surface area contributed by atoms with Crippen LogP contribution in [0.15, 0.2) is 18.3 Å². The highest BCUT2D eigenvalue weighted by Gasteiger charge is 2.40. The minimum Gasteiger partial charge on any atom is -0.337 e. The molecule has 0 aromatic carbocycles. The minimum atomic E-state index is -1.51. The first-order chi connectivity index (χ1) is 7.60. The summed E-state index contributed by atoms with van der Waals surface area (Å²) in [6, 6.07) is 3.69. The first-order valence-electron chi connectivity index (χ1n) is 5.64.